The van der Waals surface area contributed by atoms with E-state index in [0.29, 0.717) is 12.8 Å². The van der Waals surface area contributed by atoms with E-state index in [0.717, 1.165) is 37.0 Å². The molecule has 2 rings (SSSR count). The quantitative estimate of drug-likeness (QED) is 0.134. The van der Waals surface area contributed by atoms with Crippen molar-refractivity contribution in [2.24, 2.45) is 0 Å². The fourth-order valence-electron chi connectivity index (χ4n) is 3.66. The van der Waals surface area contributed by atoms with Gasteiger partial charge in [-0.1, -0.05) is 45.4 Å². The summed E-state index contributed by atoms with van der Waals surface area (Å²) < 4.78 is 127. The summed E-state index contributed by atoms with van der Waals surface area (Å²) >= 11 is 0. The molecule has 10 heteroatoms. The average molecular weight is 485 g/mol. The molecule has 0 radical (unpaired) electrons. The summed E-state index contributed by atoms with van der Waals surface area (Å²) in [6.45, 7) is 3.30. The summed E-state index contributed by atoms with van der Waals surface area (Å²) in [5, 5.41) is 0. The van der Waals surface area contributed by atoms with Crippen LogP contribution in [0.3, 0.4) is 0 Å². The number of rotatable bonds is 11. The molecule has 0 aliphatic heterocycles. The van der Waals surface area contributed by atoms with Crippen molar-refractivity contribution in [1.29, 1.82) is 0 Å². The van der Waals surface area contributed by atoms with Gasteiger partial charge in [0.15, 0.2) is 46.5 Å². The maximum Gasteiger partial charge on any atom is 0.200 e. The number of halogens is 9. The predicted octanol–water partition coefficient (Wildman–Crippen LogP) is 8.18. The van der Waals surface area contributed by atoms with Gasteiger partial charge in [0.25, 0.3) is 0 Å². The number of nitrogens with zero attached hydrogens (tertiary/aromatic N) is 1. The van der Waals surface area contributed by atoms with Crippen molar-refractivity contribution in [2.75, 3.05) is 18.0 Å². The highest BCUT2D eigenvalue weighted by atomic mass is 19.2. The van der Waals surface area contributed by atoms with Gasteiger partial charge in [0.05, 0.1) is 16.8 Å². The fraction of sp³-hybridized carbons (Fsp3) is 0.478. The molecule has 0 aliphatic rings. The first-order chi connectivity index (χ1) is 15.6. The molecule has 0 spiro atoms. The lowest BCUT2D eigenvalue weighted by Gasteiger charge is -2.27. The largest absolute Gasteiger partial charge is 0.369 e. The van der Waals surface area contributed by atoms with E-state index in [2.05, 4.69) is 6.92 Å². The monoisotopic (exact) mass is 485 g/mol. The van der Waals surface area contributed by atoms with Gasteiger partial charge < -0.3 is 4.90 Å². The number of hydrogen-bond acceptors (Lipinski definition) is 1. The fourth-order valence-corrected chi connectivity index (χ4v) is 3.66. The molecule has 0 N–H and O–H groups in total. The van der Waals surface area contributed by atoms with Gasteiger partial charge in [0.2, 0.25) is 5.82 Å². The van der Waals surface area contributed by atoms with Gasteiger partial charge in [-0.2, -0.15) is 0 Å². The van der Waals surface area contributed by atoms with Crippen molar-refractivity contribution in [3.63, 3.8) is 0 Å². The highest BCUT2D eigenvalue weighted by Crippen LogP contribution is 2.42. The molecule has 0 aliphatic carbocycles. The lowest BCUT2D eigenvalue weighted by molar-refractivity contribution is 0.379. The molecule has 2 aromatic rings. The topological polar surface area (TPSA) is 3.24 Å². The molecule has 184 valence electrons. The average Bonchev–Trinajstić information content (AvgIpc) is 2.81. The SMILES string of the molecule is CCCCCCCCCN(CC)c1c(F)c(F)c(F)c(F)c1-c1c(F)c(F)c(F)c(F)c1F. The van der Waals surface area contributed by atoms with E-state index in [9.17, 15) is 39.5 Å². The third kappa shape index (κ3) is 5.41. The van der Waals surface area contributed by atoms with Crippen LogP contribution in [0.4, 0.5) is 45.2 Å². The summed E-state index contributed by atoms with van der Waals surface area (Å²) in [6, 6.07) is 0. The highest BCUT2D eigenvalue weighted by molar-refractivity contribution is 5.81. The van der Waals surface area contributed by atoms with E-state index in [-0.39, 0.29) is 13.1 Å². The molecule has 0 fully saturated rings. The summed E-state index contributed by atoms with van der Waals surface area (Å²) in [7, 11) is 0. The van der Waals surface area contributed by atoms with Crippen LogP contribution in [0.15, 0.2) is 0 Å². The van der Waals surface area contributed by atoms with Crippen LogP contribution in [0.25, 0.3) is 11.1 Å². The normalized spacial score (nSPS) is 11.4. The predicted molar refractivity (Wildman–Crippen MR) is 107 cm³/mol. The molecule has 33 heavy (non-hydrogen) atoms. The number of hydrogen-bond donors (Lipinski definition) is 0. The first-order valence-electron chi connectivity index (χ1n) is 10.7. The number of unbranched alkanes of at least 4 members (excludes halogenated alkanes) is 6. The summed E-state index contributed by atoms with van der Waals surface area (Å²) in [5.74, 6) is -21.3. The first-order valence-corrected chi connectivity index (χ1v) is 10.7. The minimum atomic E-state index is -2.52. The van der Waals surface area contributed by atoms with Crippen LogP contribution in [-0.2, 0) is 0 Å². The summed E-state index contributed by atoms with van der Waals surface area (Å²) in [6.07, 6.45) is 5.90. The van der Waals surface area contributed by atoms with Crippen LogP contribution in [0, 0.1) is 52.4 Å². The lowest BCUT2D eigenvalue weighted by Crippen LogP contribution is -2.27. The Morgan fingerprint density at radius 1 is 0.455 bits per heavy atom. The molecule has 0 amide bonds. The van der Waals surface area contributed by atoms with Crippen LogP contribution in [-0.4, -0.2) is 13.1 Å². The van der Waals surface area contributed by atoms with E-state index >= 15 is 0 Å². The molecule has 0 atom stereocenters. The Labute approximate surface area is 186 Å². The van der Waals surface area contributed by atoms with Gasteiger partial charge in [-0.25, -0.2) is 39.5 Å². The third-order valence-corrected chi connectivity index (χ3v) is 5.43. The number of benzene rings is 2. The van der Waals surface area contributed by atoms with Crippen LogP contribution in [0.1, 0.15) is 58.8 Å². The van der Waals surface area contributed by atoms with Crippen LogP contribution in [0.2, 0.25) is 0 Å². The lowest BCUT2D eigenvalue weighted by atomic mass is 9.98. The van der Waals surface area contributed by atoms with Gasteiger partial charge in [0.1, 0.15) is 0 Å². The van der Waals surface area contributed by atoms with Gasteiger partial charge in [-0.3, -0.25) is 0 Å². The summed E-state index contributed by atoms with van der Waals surface area (Å²) in [4.78, 5) is 0.986. The molecule has 0 heterocycles. The van der Waals surface area contributed by atoms with Crippen molar-refractivity contribution in [3.8, 4) is 11.1 Å². The molecule has 0 bridgehead atoms. The smallest absolute Gasteiger partial charge is 0.200 e. The standard InChI is InChI=1S/C23H24F9N/c1-3-5-6-7-8-9-10-11-33(4-2)23-13(16(26)19(29)21(31)22(23)32)12-14(24)17(27)20(30)18(28)15(12)25/h3-11H2,1-2H3. The maximum atomic E-state index is 14.8. The zero-order valence-electron chi connectivity index (χ0n) is 18.2. The highest BCUT2D eigenvalue weighted by Gasteiger charge is 2.35. The molecule has 0 unspecified atom stereocenters. The zero-order chi connectivity index (χ0) is 24.9. The molecule has 2 aromatic carbocycles. The van der Waals surface area contributed by atoms with Crippen molar-refractivity contribution in [1.82, 2.24) is 0 Å². The Bertz CT molecular complexity index is 962. The first kappa shape index (κ1) is 26.9. The van der Waals surface area contributed by atoms with Crippen LogP contribution >= 0.6 is 0 Å². The number of anilines is 1. The minimum Gasteiger partial charge on any atom is -0.369 e. The van der Waals surface area contributed by atoms with Crippen molar-refractivity contribution >= 4 is 5.69 Å². The Balaban J connectivity index is 2.57. The van der Waals surface area contributed by atoms with E-state index in [1.54, 1.807) is 0 Å². The Kier molecular flexibility index (Phi) is 9.48. The molecule has 0 aromatic heterocycles. The van der Waals surface area contributed by atoms with Crippen molar-refractivity contribution in [2.45, 2.75) is 58.8 Å². The van der Waals surface area contributed by atoms with E-state index < -0.39 is 69.2 Å². The Morgan fingerprint density at radius 2 is 0.848 bits per heavy atom. The third-order valence-electron chi connectivity index (χ3n) is 5.43. The Morgan fingerprint density at radius 3 is 1.33 bits per heavy atom. The van der Waals surface area contributed by atoms with Gasteiger partial charge in [-0.05, 0) is 13.3 Å². The maximum absolute atomic E-state index is 14.8. The second kappa shape index (κ2) is 11.7. The van der Waals surface area contributed by atoms with Crippen LogP contribution < -0.4 is 4.90 Å². The van der Waals surface area contributed by atoms with E-state index in [4.69, 9.17) is 0 Å². The molecule has 1 nitrogen and oxygen atoms in total. The van der Waals surface area contributed by atoms with Crippen LogP contribution in [0.5, 0.6) is 0 Å². The van der Waals surface area contributed by atoms with Gasteiger partial charge in [0, 0.05) is 13.1 Å². The van der Waals surface area contributed by atoms with Gasteiger partial charge >= 0.3 is 0 Å². The van der Waals surface area contributed by atoms with Crippen molar-refractivity contribution < 1.29 is 39.5 Å². The second-order valence-corrected chi connectivity index (χ2v) is 7.63. The molecular formula is C23H24F9N. The van der Waals surface area contributed by atoms with E-state index in [1.807, 2.05) is 0 Å². The summed E-state index contributed by atoms with van der Waals surface area (Å²) in [5.41, 5.74) is -4.54. The van der Waals surface area contributed by atoms with E-state index in [1.165, 1.54) is 6.92 Å². The van der Waals surface area contributed by atoms with Crippen molar-refractivity contribution in [3.05, 3.63) is 52.4 Å². The molecule has 0 saturated carbocycles. The molecule has 0 saturated heterocycles. The zero-order valence-corrected chi connectivity index (χ0v) is 18.2. The second-order valence-electron chi connectivity index (χ2n) is 7.63. The Hall–Kier alpha value is -2.39. The minimum absolute atomic E-state index is 0.0475. The van der Waals surface area contributed by atoms with Gasteiger partial charge in [-0.15, -0.1) is 0 Å². The molecular weight excluding hydrogens is 461 g/mol.